The zero-order chi connectivity index (χ0) is 15.8. The van der Waals surface area contributed by atoms with Gasteiger partial charge in [-0.3, -0.25) is 4.55 Å². The highest BCUT2D eigenvalue weighted by Gasteiger charge is 2.02. The lowest BCUT2D eigenvalue weighted by Gasteiger charge is -2.04. The van der Waals surface area contributed by atoms with Gasteiger partial charge in [-0.05, 0) is 6.42 Å². The number of unbranched alkanes of at least 4 members (excludes halogenated alkanes) is 11. The molecule has 0 aliphatic carbocycles. The first-order valence-electron chi connectivity index (χ1n) is 8.59. The Bertz CT molecular complexity index is 301. The molecule has 0 aromatic carbocycles. The van der Waals surface area contributed by atoms with Crippen molar-refractivity contribution in [2.24, 2.45) is 0 Å². The number of hydrogen-bond acceptors (Lipinski definition) is 3. The van der Waals surface area contributed by atoms with Crippen LogP contribution in [0.2, 0.25) is 0 Å². The molecule has 0 unspecified atom stereocenters. The SMILES string of the molecule is CCCCCCCCCCCCCCOCCS(=O)(=O)O. The van der Waals surface area contributed by atoms with Crippen LogP contribution in [0, 0.1) is 0 Å². The van der Waals surface area contributed by atoms with E-state index in [4.69, 9.17) is 9.29 Å². The molecule has 0 saturated heterocycles. The van der Waals surface area contributed by atoms with Crippen molar-refractivity contribution in [2.75, 3.05) is 19.0 Å². The third kappa shape index (κ3) is 19.9. The summed E-state index contributed by atoms with van der Waals surface area (Å²) in [6.07, 6.45) is 15.6. The van der Waals surface area contributed by atoms with E-state index in [1.165, 1.54) is 64.2 Å². The van der Waals surface area contributed by atoms with E-state index in [0.717, 1.165) is 12.8 Å². The Kier molecular flexibility index (Phi) is 14.7. The summed E-state index contributed by atoms with van der Waals surface area (Å²) in [6, 6.07) is 0. The van der Waals surface area contributed by atoms with Gasteiger partial charge >= 0.3 is 0 Å². The van der Waals surface area contributed by atoms with Crippen molar-refractivity contribution >= 4 is 10.1 Å². The van der Waals surface area contributed by atoms with Gasteiger partial charge in [-0.15, -0.1) is 0 Å². The molecule has 0 heterocycles. The third-order valence-corrected chi connectivity index (χ3v) is 4.31. The second-order valence-electron chi connectivity index (χ2n) is 5.79. The van der Waals surface area contributed by atoms with Gasteiger partial charge in [-0.25, -0.2) is 0 Å². The molecule has 21 heavy (non-hydrogen) atoms. The minimum Gasteiger partial charge on any atom is -0.380 e. The zero-order valence-electron chi connectivity index (χ0n) is 13.7. The van der Waals surface area contributed by atoms with Crippen molar-refractivity contribution in [3.05, 3.63) is 0 Å². The maximum atomic E-state index is 10.4. The van der Waals surface area contributed by atoms with Gasteiger partial charge in [0, 0.05) is 6.61 Å². The Morgan fingerprint density at radius 3 is 1.57 bits per heavy atom. The fourth-order valence-electron chi connectivity index (χ4n) is 2.31. The molecule has 1 N–H and O–H groups in total. The molecular formula is C16H34O4S. The molecule has 0 spiro atoms. The van der Waals surface area contributed by atoms with E-state index in [2.05, 4.69) is 6.92 Å². The zero-order valence-corrected chi connectivity index (χ0v) is 14.5. The Balaban J connectivity index is 3.03. The topological polar surface area (TPSA) is 63.6 Å². The van der Waals surface area contributed by atoms with Gasteiger partial charge in [0.05, 0.1) is 12.4 Å². The highest BCUT2D eigenvalue weighted by atomic mass is 32.2. The quantitative estimate of drug-likeness (QED) is 0.333. The average molecular weight is 323 g/mol. The molecule has 0 rings (SSSR count). The summed E-state index contributed by atoms with van der Waals surface area (Å²) >= 11 is 0. The lowest BCUT2D eigenvalue weighted by molar-refractivity contribution is 0.143. The van der Waals surface area contributed by atoms with Gasteiger partial charge < -0.3 is 4.74 Å². The first-order chi connectivity index (χ1) is 10.1. The average Bonchev–Trinajstić information content (AvgIpc) is 2.42. The van der Waals surface area contributed by atoms with Gasteiger partial charge in [-0.1, -0.05) is 77.6 Å². The van der Waals surface area contributed by atoms with E-state index in [1.54, 1.807) is 0 Å². The third-order valence-electron chi connectivity index (χ3n) is 3.63. The van der Waals surface area contributed by atoms with Crippen LogP contribution in [0.5, 0.6) is 0 Å². The Morgan fingerprint density at radius 1 is 0.714 bits per heavy atom. The maximum Gasteiger partial charge on any atom is 0.267 e. The minimum absolute atomic E-state index is 0.0941. The van der Waals surface area contributed by atoms with Crippen LogP contribution in [0.4, 0.5) is 0 Å². The van der Waals surface area contributed by atoms with Crippen LogP contribution in [-0.4, -0.2) is 31.9 Å². The molecule has 0 aliphatic heterocycles. The van der Waals surface area contributed by atoms with Crippen molar-refractivity contribution in [1.82, 2.24) is 0 Å². The summed E-state index contributed by atoms with van der Waals surface area (Å²) in [7, 11) is -3.87. The van der Waals surface area contributed by atoms with Crippen LogP contribution in [0.1, 0.15) is 84.0 Å². The van der Waals surface area contributed by atoms with Crippen molar-refractivity contribution in [3.63, 3.8) is 0 Å². The van der Waals surface area contributed by atoms with E-state index in [0.29, 0.717) is 6.61 Å². The molecule has 0 aromatic heterocycles. The first kappa shape index (κ1) is 20.9. The normalized spacial score (nSPS) is 11.9. The molecule has 0 atom stereocenters. The molecule has 0 fully saturated rings. The molecule has 0 aliphatic rings. The summed E-state index contributed by atoms with van der Waals surface area (Å²) in [5, 5.41) is 0. The van der Waals surface area contributed by atoms with Crippen molar-refractivity contribution in [1.29, 1.82) is 0 Å². The van der Waals surface area contributed by atoms with E-state index >= 15 is 0 Å². The van der Waals surface area contributed by atoms with Gasteiger partial charge in [0.1, 0.15) is 0 Å². The van der Waals surface area contributed by atoms with E-state index < -0.39 is 10.1 Å². The lowest BCUT2D eigenvalue weighted by Crippen LogP contribution is -2.11. The summed E-state index contributed by atoms with van der Waals surface area (Å²) < 4.78 is 34.6. The molecule has 4 nitrogen and oxygen atoms in total. The van der Waals surface area contributed by atoms with Crippen LogP contribution in [0.25, 0.3) is 0 Å². The van der Waals surface area contributed by atoms with Crippen LogP contribution in [-0.2, 0) is 14.9 Å². The lowest BCUT2D eigenvalue weighted by atomic mass is 10.1. The predicted molar refractivity (Wildman–Crippen MR) is 88.3 cm³/mol. The molecule has 0 bridgehead atoms. The Labute approximate surface area is 131 Å². The van der Waals surface area contributed by atoms with Crippen LogP contribution >= 0.6 is 0 Å². The predicted octanol–water partition coefficient (Wildman–Crippen LogP) is 4.59. The van der Waals surface area contributed by atoms with Gasteiger partial charge in [0.25, 0.3) is 10.1 Å². The van der Waals surface area contributed by atoms with E-state index in [1.807, 2.05) is 0 Å². The smallest absolute Gasteiger partial charge is 0.267 e. The van der Waals surface area contributed by atoms with E-state index in [9.17, 15) is 8.42 Å². The highest BCUT2D eigenvalue weighted by molar-refractivity contribution is 7.85. The summed E-state index contributed by atoms with van der Waals surface area (Å²) in [6.45, 7) is 2.93. The molecule has 128 valence electrons. The maximum absolute atomic E-state index is 10.4. The van der Waals surface area contributed by atoms with Crippen LogP contribution in [0.15, 0.2) is 0 Å². The highest BCUT2D eigenvalue weighted by Crippen LogP contribution is 2.11. The standard InChI is InChI=1S/C16H34O4S/c1-2-3-4-5-6-7-8-9-10-11-12-13-14-20-15-16-21(17,18)19/h2-16H2,1H3,(H,17,18,19). The largest absolute Gasteiger partial charge is 0.380 e. The fraction of sp³-hybridized carbons (Fsp3) is 1.00. The number of hydrogen-bond donors (Lipinski definition) is 1. The monoisotopic (exact) mass is 322 g/mol. The molecule has 5 heteroatoms. The first-order valence-corrected chi connectivity index (χ1v) is 10.2. The van der Waals surface area contributed by atoms with Crippen molar-refractivity contribution in [2.45, 2.75) is 84.0 Å². The summed E-state index contributed by atoms with van der Waals surface area (Å²) in [4.78, 5) is 0. The van der Waals surface area contributed by atoms with Gasteiger partial charge in [0.2, 0.25) is 0 Å². The Morgan fingerprint density at radius 2 is 1.14 bits per heavy atom. The summed E-state index contributed by atoms with van der Waals surface area (Å²) in [5.41, 5.74) is 0. The fourth-order valence-corrected chi connectivity index (χ4v) is 2.64. The second kappa shape index (κ2) is 14.8. The van der Waals surface area contributed by atoms with Crippen molar-refractivity contribution < 1.29 is 17.7 Å². The van der Waals surface area contributed by atoms with Crippen molar-refractivity contribution in [3.8, 4) is 0 Å². The molecule has 0 radical (unpaired) electrons. The second-order valence-corrected chi connectivity index (χ2v) is 7.36. The number of rotatable bonds is 16. The van der Waals surface area contributed by atoms with Gasteiger partial charge in [0.15, 0.2) is 0 Å². The molecule has 0 saturated carbocycles. The minimum atomic E-state index is -3.87. The summed E-state index contributed by atoms with van der Waals surface area (Å²) in [5.74, 6) is -0.300. The van der Waals surface area contributed by atoms with Gasteiger partial charge in [-0.2, -0.15) is 8.42 Å². The van der Waals surface area contributed by atoms with E-state index in [-0.39, 0.29) is 12.4 Å². The van der Waals surface area contributed by atoms with Crippen LogP contribution in [0.3, 0.4) is 0 Å². The molecular weight excluding hydrogens is 288 g/mol. The Hall–Kier alpha value is -0.130. The number of ether oxygens (including phenoxy) is 1. The molecule has 0 amide bonds. The van der Waals surface area contributed by atoms with Crippen LogP contribution < -0.4 is 0 Å². The molecule has 0 aromatic rings.